The minimum atomic E-state index is -3.65. The van der Waals surface area contributed by atoms with Crippen molar-refractivity contribution in [3.63, 3.8) is 0 Å². The smallest absolute Gasteiger partial charge is 0.240 e. The fourth-order valence-corrected chi connectivity index (χ4v) is 4.56. The van der Waals surface area contributed by atoms with Gasteiger partial charge in [-0.3, -0.25) is 0 Å². The molecule has 3 aromatic rings. The maximum Gasteiger partial charge on any atom is 0.240 e. The second kappa shape index (κ2) is 10.8. The van der Waals surface area contributed by atoms with E-state index in [1.54, 1.807) is 18.2 Å². The number of halogens is 1. The first-order chi connectivity index (χ1) is 14.5. The van der Waals surface area contributed by atoms with Gasteiger partial charge in [0.25, 0.3) is 0 Å². The Labute approximate surface area is 188 Å². The Hall–Kier alpha value is -2.14. The predicted molar refractivity (Wildman–Crippen MR) is 121 cm³/mol. The molecule has 158 valence electrons. The summed E-state index contributed by atoms with van der Waals surface area (Å²) >= 11 is 4.79. The van der Waals surface area contributed by atoms with E-state index in [2.05, 4.69) is 37.4 Å². The van der Waals surface area contributed by atoms with E-state index in [1.807, 2.05) is 34.9 Å². The minimum absolute atomic E-state index is 0.0281. The summed E-state index contributed by atoms with van der Waals surface area (Å²) in [6.07, 6.45) is 1.72. The summed E-state index contributed by atoms with van der Waals surface area (Å²) in [5, 5.41) is 9.03. The van der Waals surface area contributed by atoms with Crippen LogP contribution in [0, 0.1) is 0 Å². The van der Waals surface area contributed by atoms with Gasteiger partial charge in [0.1, 0.15) is 11.6 Å². The molecule has 0 aliphatic rings. The highest BCUT2D eigenvalue weighted by Crippen LogP contribution is 2.19. The molecular weight excluding hydrogens is 488 g/mol. The quantitative estimate of drug-likeness (QED) is 0.240. The number of nitrogens with one attached hydrogen (secondary N) is 1. The molecule has 0 bridgehead atoms. The van der Waals surface area contributed by atoms with Crippen molar-refractivity contribution in [3.8, 4) is 5.75 Å². The first-order valence-electron chi connectivity index (χ1n) is 9.08. The van der Waals surface area contributed by atoms with Gasteiger partial charge in [-0.2, -0.15) is 0 Å². The highest BCUT2D eigenvalue weighted by Gasteiger charge is 2.17. The molecule has 2 aromatic carbocycles. The molecule has 1 aromatic heterocycles. The van der Waals surface area contributed by atoms with Crippen LogP contribution in [0.1, 0.15) is 5.82 Å². The van der Waals surface area contributed by atoms with Crippen LogP contribution in [0.15, 0.2) is 81.8 Å². The molecule has 1 heterocycles. The molecule has 0 aliphatic heterocycles. The molecule has 10 heteroatoms. The monoisotopic (exact) mass is 508 g/mol. The summed E-state index contributed by atoms with van der Waals surface area (Å²) in [5.74, 6) is 2.00. The number of rotatable bonds is 11. The van der Waals surface area contributed by atoms with Gasteiger partial charge < -0.3 is 9.30 Å². The van der Waals surface area contributed by atoms with Gasteiger partial charge in [-0.05, 0) is 36.4 Å². The summed E-state index contributed by atoms with van der Waals surface area (Å²) < 4.78 is 35.9. The van der Waals surface area contributed by atoms with Crippen LogP contribution in [-0.4, -0.2) is 35.5 Å². The average molecular weight is 509 g/mol. The first kappa shape index (κ1) is 22.5. The summed E-state index contributed by atoms with van der Waals surface area (Å²) in [5.41, 5.74) is 0. The van der Waals surface area contributed by atoms with E-state index in [0.717, 1.165) is 10.2 Å². The van der Waals surface area contributed by atoms with Gasteiger partial charge in [-0.15, -0.1) is 16.8 Å². The van der Waals surface area contributed by atoms with E-state index in [0.29, 0.717) is 29.9 Å². The molecule has 0 radical (unpaired) electrons. The van der Waals surface area contributed by atoms with Crippen LogP contribution in [0.2, 0.25) is 0 Å². The van der Waals surface area contributed by atoms with Crippen molar-refractivity contribution in [2.75, 3.05) is 12.4 Å². The third kappa shape index (κ3) is 6.18. The SMILES string of the molecule is C=CCn1c(CNS(=O)(=O)c2ccc(Br)cc2)nnc1SCCOc1ccccc1. The van der Waals surface area contributed by atoms with Crippen molar-refractivity contribution in [2.24, 2.45) is 0 Å². The van der Waals surface area contributed by atoms with Crippen molar-refractivity contribution in [1.29, 1.82) is 0 Å². The second-order valence-corrected chi connectivity index (χ2v) is 9.83. The average Bonchev–Trinajstić information content (AvgIpc) is 3.13. The van der Waals surface area contributed by atoms with Crippen LogP contribution < -0.4 is 9.46 Å². The number of aromatic nitrogens is 3. The number of para-hydroxylation sites is 1. The molecule has 3 rings (SSSR count). The van der Waals surface area contributed by atoms with E-state index in [4.69, 9.17) is 4.74 Å². The van der Waals surface area contributed by atoms with Crippen LogP contribution in [0.4, 0.5) is 0 Å². The lowest BCUT2D eigenvalue weighted by atomic mass is 10.3. The topological polar surface area (TPSA) is 86.1 Å². The van der Waals surface area contributed by atoms with E-state index >= 15 is 0 Å². The molecule has 0 saturated heterocycles. The number of nitrogens with zero attached hydrogens (tertiary/aromatic N) is 3. The summed E-state index contributed by atoms with van der Waals surface area (Å²) in [6, 6.07) is 16.0. The Morgan fingerprint density at radius 2 is 1.87 bits per heavy atom. The van der Waals surface area contributed by atoms with Gasteiger partial charge in [0.2, 0.25) is 10.0 Å². The van der Waals surface area contributed by atoms with Gasteiger partial charge in [0.15, 0.2) is 5.16 Å². The molecule has 0 fully saturated rings. The Balaban J connectivity index is 1.60. The fourth-order valence-electron chi connectivity index (χ4n) is 2.53. The molecule has 0 unspecified atom stereocenters. The number of hydrogen-bond acceptors (Lipinski definition) is 6. The molecule has 0 saturated carbocycles. The highest BCUT2D eigenvalue weighted by molar-refractivity contribution is 9.10. The van der Waals surface area contributed by atoms with Gasteiger partial charge in [-0.25, -0.2) is 13.1 Å². The molecule has 1 N–H and O–H groups in total. The number of sulfonamides is 1. The fraction of sp³-hybridized carbons (Fsp3) is 0.200. The van der Waals surface area contributed by atoms with E-state index < -0.39 is 10.0 Å². The number of thioether (sulfide) groups is 1. The lowest BCUT2D eigenvalue weighted by Gasteiger charge is -2.10. The summed E-state index contributed by atoms with van der Waals surface area (Å²) in [6.45, 7) is 4.78. The van der Waals surface area contributed by atoms with Crippen molar-refractivity contribution in [2.45, 2.75) is 23.1 Å². The van der Waals surface area contributed by atoms with E-state index in [9.17, 15) is 8.42 Å². The van der Waals surface area contributed by atoms with Crippen molar-refractivity contribution in [1.82, 2.24) is 19.5 Å². The van der Waals surface area contributed by atoms with Crippen molar-refractivity contribution < 1.29 is 13.2 Å². The zero-order valence-corrected chi connectivity index (χ0v) is 19.3. The third-order valence-electron chi connectivity index (χ3n) is 3.98. The summed E-state index contributed by atoms with van der Waals surface area (Å²) in [4.78, 5) is 0.188. The normalized spacial score (nSPS) is 11.4. The van der Waals surface area contributed by atoms with Gasteiger partial charge >= 0.3 is 0 Å². The zero-order valence-electron chi connectivity index (χ0n) is 16.1. The number of benzene rings is 2. The lowest BCUT2D eigenvalue weighted by Crippen LogP contribution is -2.25. The first-order valence-corrected chi connectivity index (χ1v) is 12.3. The van der Waals surface area contributed by atoms with Gasteiger partial charge in [0.05, 0.1) is 18.0 Å². The molecule has 0 spiro atoms. The predicted octanol–water partition coefficient (Wildman–Crippen LogP) is 3.88. The Morgan fingerprint density at radius 1 is 1.13 bits per heavy atom. The highest BCUT2D eigenvalue weighted by atomic mass is 79.9. The second-order valence-electron chi connectivity index (χ2n) is 6.09. The standard InChI is InChI=1S/C20H21BrN4O3S2/c1-2-12-25-19(15-22-30(26,27)18-10-8-16(21)9-11-18)23-24-20(25)29-14-13-28-17-6-4-3-5-7-17/h2-11,22H,1,12-15H2. The zero-order chi connectivity index (χ0) is 21.4. The van der Waals surface area contributed by atoms with Crippen LogP contribution in [0.25, 0.3) is 0 Å². The largest absolute Gasteiger partial charge is 0.493 e. The van der Waals surface area contributed by atoms with E-state index in [-0.39, 0.29) is 11.4 Å². The lowest BCUT2D eigenvalue weighted by molar-refractivity contribution is 0.344. The van der Waals surface area contributed by atoms with Gasteiger partial charge in [0, 0.05) is 16.8 Å². The number of hydrogen-bond donors (Lipinski definition) is 1. The molecular formula is C20H21BrN4O3S2. The molecule has 0 aliphatic carbocycles. The maximum absolute atomic E-state index is 12.5. The number of ether oxygens (including phenoxy) is 1. The molecule has 0 atom stereocenters. The Bertz CT molecular complexity index is 1070. The van der Waals surface area contributed by atoms with E-state index in [1.165, 1.54) is 23.9 Å². The number of allylic oxidation sites excluding steroid dienone is 1. The Kier molecular flexibility index (Phi) is 8.08. The summed E-state index contributed by atoms with van der Waals surface area (Å²) in [7, 11) is -3.65. The van der Waals surface area contributed by atoms with Crippen LogP contribution in [-0.2, 0) is 23.1 Å². The van der Waals surface area contributed by atoms with Crippen molar-refractivity contribution >= 4 is 37.7 Å². The van der Waals surface area contributed by atoms with Crippen LogP contribution >= 0.6 is 27.7 Å². The van der Waals surface area contributed by atoms with Crippen LogP contribution in [0.5, 0.6) is 5.75 Å². The third-order valence-corrected chi connectivity index (χ3v) is 6.85. The molecule has 0 amide bonds. The minimum Gasteiger partial charge on any atom is -0.493 e. The van der Waals surface area contributed by atoms with Gasteiger partial charge in [-0.1, -0.05) is 52.0 Å². The van der Waals surface area contributed by atoms with Crippen LogP contribution in [0.3, 0.4) is 0 Å². The van der Waals surface area contributed by atoms with Crippen molar-refractivity contribution in [3.05, 3.63) is 77.5 Å². The molecule has 7 nitrogen and oxygen atoms in total. The maximum atomic E-state index is 12.5. The molecule has 30 heavy (non-hydrogen) atoms. The Morgan fingerprint density at radius 3 is 2.57 bits per heavy atom.